The fourth-order valence-electron chi connectivity index (χ4n) is 15.8. The van der Waals surface area contributed by atoms with Crippen LogP contribution in [-0.4, -0.2) is 41.1 Å². The number of aromatic nitrogens is 3. The van der Waals surface area contributed by atoms with Gasteiger partial charge in [-0.05, 0) is 106 Å². The predicted molar refractivity (Wildman–Crippen MR) is 423 cm³/mol. The van der Waals surface area contributed by atoms with Gasteiger partial charge in [-0.3, -0.25) is 0 Å². The van der Waals surface area contributed by atoms with E-state index in [-0.39, 0.29) is 0 Å². The van der Waals surface area contributed by atoms with Gasteiger partial charge in [0.2, 0.25) is 0 Å². The van der Waals surface area contributed by atoms with E-state index in [0.717, 1.165) is 90.6 Å². The van der Waals surface area contributed by atoms with Crippen molar-refractivity contribution in [3.05, 3.63) is 96.1 Å². The number of ether oxygens (including phenoxy) is 4. The van der Waals surface area contributed by atoms with Crippen molar-refractivity contribution in [3.63, 3.8) is 0 Å². The van der Waals surface area contributed by atoms with E-state index in [1.807, 2.05) is 14.2 Å². The zero-order valence-electron chi connectivity index (χ0n) is 62.9. The molecule has 0 bridgehead atoms. The Kier molecular flexibility index (Phi) is 31.6. The molecule has 7 heteroatoms. The number of hydrogen-bond acceptors (Lipinski definition) is 4. The molecule has 0 spiro atoms. The number of fused-ring (bicyclic) bond motifs is 9. The van der Waals surface area contributed by atoms with Crippen LogP contribution in [0, 0.1) is 13.8 Å². The van der Waals surface area contributed by atoms with Crippen LogP contribution in [0.25, 0.3) is 87.7 Å². The molecule has 3 aromatic heterocycles. The van der Waals surface area contributed by atoms with Crippen LogP contribution in [0.15, 0.2) is 84.9 Å². The Labute approximate surface area is 588 Å². The zero-order valence-corrected chi connectivity index (χ0v) is 62.9. The van der Waals surface area contributed by atoms with E-state index in [9.17, 15) is 0 Å². The monoisotopic (exact) mass is 1320 g/mol. The lowest BCUT2D eigenvalue weighted by Gasteiger charge is -2.18. The van der Waals surface area contributed by atoms with Crippen LogP contribution in [0.3, 0.4) is 0 Å². The van der Waals surface area contributed by atoms with Gasteiger partial charge in [0, 0.05) is 104 Å². The van der Waals surface area contributed by atoms with Crippen molar-refractivity contribution in [2.24, 2.45) is 0 Å². The smallest absolute Gasteiger partial charge is 0.129 e. The minimum Gasteiger partial charge on any atom is -0.496 e. The fraction of sp³-hybridized carbons (Fsp3) is 0.600. The summed E-state index contributed by atoms with van der Waals surface area (Å²) in [4.78, 5) is 0. The number of unbranched alkanes of at least 4 members (excludes halogenated alkanes) is 35. The largest absolute Gasteiger partial charge is 0.496 e. The second kappa shape index (κ2) is 40.9. The first-order valence-corrected chi connectivity index (χ1v) is 40.4. The zero-order chi connectivity index (χ0) is 68.0. The lowest BCUT2D eigenvalue weighted by atomic mass is 9.96. The molecule has 0 aliphatic carbocycles. The summed E-state index contributed by atoms with van der Waals surface area (Å²) in [5.74, 6) is 3.78. The van der Waals surface area contributed by atoms with Crippen molar-refractivity contribution in [1.82, 2.24) is 13.7 Å². The van der Waals surface area contributed by atoms with E-state index in [0.29, 0.717) is 13.2 Å². The Morgan fingerprint density at radius 2 is 0.557 bits per heavy atom. The maximum absolute atomic E-state index is 7.35. The van der Waals surface area contributed by atoms with Crippen LogP contribution in [-0.2, 0) is 19.6 Å². The van der Waals surface area contributed by atoms with Crippen molar-refractivity contribution in [1.29, 1.82) is 0 Å². The first-order chi connectivity index (χ1) is 47.8. The lowest BCUT2D eigenvalue weighted by molar-refractivity contribution is 0.301. The van der Waals surface area contributed by atoms with E-state index < -0.39 is 0 Å². The van der Waals surface area contributed by atoms with Crippen molar-refractivity contribution in [2.45, 2.75) is 325 Å². The van der Waals surface area contributed by atoms with Gasteiger partial charge in [0.15, 0.2) is 0 Å². The van der Waals surface area contributed by atoms with Gasteiger partial charge in [0.1, 0.15) is 23.0 Å². The summed E-state index contributed by atoms with van der Waals surface area (Å²) in [6, 6.07) is 33.8. The quantitative estimate of drug-likeness (QED) is 0.0357. The first-order valence-electron chi connectivity index (χ1n) is 40.4. The van der Waals surface area contributed by atoms with E-state index in [1.165, 1.54) is 308 Å². The maximum Gasteiger partial charge on any atom is 0.129 e. The maximum atomic E-state index is 7.35. The van der Waals surface area contributed by atoms with Crippen LogP contribution in [0.1, 0.15) is 303 Å². The molecule has 0 fully saturated rings. The van der Waals surface area contributed by atoms with Gasteiger partial charge in [-0.1, -0.05) is 277 Å². The molecule has 0 aliphatic heterocycles. The third-order valence-electron chi connectivity index (χ3n) is 21.6. The Balaban J connectivity index is 1.19. The number of rotatable bonds is 51. The fourth-order valence-corrected chi connectivity index (χ4v) is 15.8. The molecule has 0 atom stereocenters. The summed E-state index contributed by atoms with van der Waals surface area (Å²) in [5, 5.41) is 7.69. The van der Waals surface area contributed by atoms with Gasteiger partial charge in [-0.15, -0.1) is 0 Å². The highest BCUT2D eigenvalue weighted by molar-refractivity contribution is 6.15. The molecular weight excluding hydrogens is 1190 g/mol. The normalized spacial score (nSPS) is 12.0. The van der Waals surface area contributed by atoms with E-state index in [2.05, 4.69) is 147 Å². The van der Waals surface area contributed by atoms with Gasteiger partial charge < -0.3 is 32.6 Å². The molecule has 0 aliphatic rings. The summed E-state index contributed by atoms with van der Waals surface area (Å²) in [6.07, 6.45) is 51.3. The summed E-state index contributed by atoms with van der Waals surface area (Å²) < 4.78 is 35.1. The molecule has 0 N–H and O–H groups in total. The molecule has 0 radical (unpaired) electrons. The highest BCUT2D eigenvalue weighted by Gasteiger charge is 2.24. The molecule has 3 heterocycles. The van der Waals surface area contributed by atoms with Crippen molar-refractivity contribution < 1.29 is 18.9 Å². The third kappa shape index (κ3) is 20.5. The molecule has 0 saturated heterocycles. The average Bonchev–Trinajstić information content (AvgIpc) is 1.58. The van der Waals surface area contributed by atoms with Crippen molar-refractivity contribution >= 4 is 65.4 Å². The Bertz CT molecular complexity index is 3800. The van der Waals surface area contributed by atoms with Gasteiger partial charge in [-0.25, -0.2) is 0 Å². The summed E-state index contributed by atoms with van der Waals surface area (Å²) in [7, 11) is 3.67. The average molecular weight is 1320 g/mol. The standard InChI is InChI=1S/C90H131N3O4/c1-10-15-20-25-30-35-40-45-54-91-81-52-50-69(6)59-73(81)77-63-79(89(67-85(77)91)96-57-48-43-38-33-28-23-18-13-4)80-64-78-75-61-71(51-53-82(75)92(55-46-41-36-31-26-21-16-11-2)86(78)68-90(80)97-58-49-44-39-34-29-24-19-14-5)72-62-76-74-60-70(7)87(94-8)65-83(74)93(84(76)66-88(72)95-9)56-47-42-37-32-27-22-17-12-3/h50-53,59-68H,10-49,54-58H2,1-9H3. The number of aryl methyl sites for hydroxylation is 5. The lowest BCUT2D eigenvalue weighted by Crippen LogP contribution is -2.03. The summed E-state index contributed by atoms with van der Waals surface area (Å²) in [5.41, 5.74) is 14.6. The van der Waals surface area contributed by atoms with Crippen molar-refractivity contribution in [3.8, 4) is 45.3 Å². The van der Waals surface area contributed by atoms with Crippen LogP contribution in [0.2, 0.25) is 0 Å². The molecule has 0 amide bonds. The highest BCUT2D eigenvalue weighted by atomic mass is 16.5. The molecule has 7 nitrogen and oxygen atoms in total. The number of benzene rings is 6. The Hall–Kier alpha value is -6.08. The minimum atomic E-state index is 0.688. The highest BCUT2D eigenvalue weighted by Crippen LogP contribution is 2.48. The second-order valence-corrected chi connectivity index (χ2v) is 29.4. The third-order valence-corrected chi connectivity index (χ3v) is 21.6. The Morgan fingerprint density at radius 1 is 0.258 bits per heavy atom. The molecule has 9 aromatic rings. The molecule has 0 unspecified atom stereocenters. The molecule has 97 heavy (non-hydrogen) atoms. The van der Waals surface area contributed by atoms with Crippen molar-refractivity contribution in [2.75, 3.05) is 27.4 Å². The topological polar surface area (TPSA) is 51.7 Å². The number of methoxy groups -OCH3 is 2. The van der Waals surface area contributed by atoms with E-state index in [4.69, 9.17) is 18.9 Å². The summed E-state index contributed by atoms with van der Waals surface area (Å²) in [6.45, 7) is 20.3. The van der Waals surface area contributed by atoms with Gasteiger partial charge >= 0.3 is 0 Å². The summed E-state index contributed by atoms with van der Waals surface area (Å²) >= 11 is 0. The van der Waals surface area contributed by atoms with Gasteiger partial charge in [0.05, 0.1) is 49.5 Å². The van der Waals surface area contributed by atoms with Gasteiger partial charge in [-0.2, -0.15) is 0 Å². The SMILES string of the molecule is CCCCCCCCCCOc1cc2c(cc1-c1cc3c4cc(-c5cc6c7cc(C)c(OC)cc7n(CCCCCCCCCC)c6cc5OC)ccc4n(CCCCCCCCCC)c3cc1OCCCCCCCCCC)c1cc(C)ccc1n2CCCCCCCCCC. The predicted octanol–water partition coefficient (Wildman–Crippen LogP) is 28.4. The number of hydrogen-bond donors (Lipinski definition) is 0. The van der Waals surface area contributed by atoms with Crippen LogP contribution < -0.4 is 18.9 Å². The number of nitrogens with zero attached hydrogens (tertiary/aromatic N) is 3. The molecule has 6 aromatic carbocycles. The molecular formula is C90H131N3O4. The molecule has 0 saturated carbocycles. The molecule has 530 valence electrons. The van der Waals surface area contributed by atoms with E-state index in [1.54, 1.807) is 0 Å². The first kappa shape index (κ1) is 75.1. The molecule has 9 rings (SSSR count). The van der Waals surface area contributed by atoms with Crippen LogP contribution in [0.5, 0.6) is 23.0 Å². The van der Waals surface area contributed by atoms with E-state index >= 15 is 0 Å². The van der Waals surface area contributed by atoms with Crippen LogP contribution >= 0.6 is 0 Å². The second-order valence-electron chi connectivity index (χ2n) is 29.4. The Morgan fingerprint density at radius 3 is 0.948 bits per heavy atom. The van der Waals surface area contributed by atoms with Crippen LogP contribution in [0.4, 0.5) is 0 Å². The van der Waals surface area contributed by atoms with Gasteiger partial charge in [0.25, 0.3) is 0 Å². The minimum absolute atomic E-state index is 0.688.